The highest BCUT2D eigenvalue weighted by Gasteiger charge is 2.20. The minimum absolute atomic E-state index is 0.0263. The fourth-order valence-corrected chi connectivity index (χ4v) is 2.15. The van der Waals surface area contributed by atoms with E-state index in [9.17, 15) is 8.78 Å². The zero-order valence-electron chi connectivity index (χ0n) is 10.9. The van der Waals surface area contributed by atoms with Crippen LogP contribution in [0.1, 0.15) is 18.4 Å². The molecule has 0 atom stereocenters. The Morgan fingerprint density at radius 3 is 2.62 bits per heavy atom. The third-order valence-electron chi connectivity index (χ3n) is 3.01. The Morgan fingerprint density at radius 1 is 1.24 bits per heavy atom. The molecule has 1 saturated carbocycles. The molecule has 0 bridgehead atoms. The van der Waals surface area contributed by atoms with E-state index < -0.39 is 11.6 Å². The van der Waals surface area contributed by atoms with Crippen LogP contribution in [0.3, 0.4) is 0 Å². The number of halogens is 3. The van der Waals surface area contributed by atoms with Gasteiger partial charge >= 0.3 is 6.01 Å². The Morgan fingerprint density at radius 2 is 1.95 bits per heavy atom. The number of benzene rings is 1. The highest BCUT2D eigenvalue weighted by atomic mass is 79.9. The zero-order chi connectivity index (χ0) is 14.8. The minimum Gasteiger partial charge on any atom is -0.421 e. The van der Waals surface area contributed by atoms with Crippen molar-refractivity contribution in [2.45, 2.75) is 25.4 Å². The molecule has 0 amide bonds. The first-order valence-corrected chi connectivity index (χ1v) is 7.28. The average Bonchev–Trinajstić information content (AvgIpc) is 3.28. The molecular weight excluding hydrogens is 344 g/mol. The molecule has 4 nitrogen and oxygen atoms in total. The maximum Gasteiger partial charge on any atom is 0.321 e. The van der Waals surface area contributed by atoms with Crippen LogP contribution in [0.15, 0.2) is 29.0 Å². The van der Waals surface area contributed by atoms with Crippen molar-refractivity contribution in [2.24, 2.45) is 0 Å². The fraction of sp³-hybridized carbons (Fsp3) is 0.286. The molecule has 3 rings (SSSR count). The first-order valence-electron chi connectivity index (χ1n) is 6.48. The van der Waals surface area contributed by atoms with Gasteiger partial charge in [-0.1, -0.05) is 15.9 Å². The molecule has 1 aromatic heterocycles. The number of aromatic nitrogens is 2. The second-order valence-corrected chi connectivity index (χ2v) is 5.75. The van der Waals surface area contributed by atoms with Gasteiger partial charge in [0.15, 0.2) is 11.6 Å². The van der Waals surface area contributed by atoms with Crippen molar-refractivity contribution in [1.82, 2.24) is 15.3 Å². The molecule has 1 fully saturated rings. The summed E-state index contributed by atoms with van der Waals surface area (Å²) in [5.74, 6) is -2.32. The van der Waals surface area contributed by atoms with Gasteiger partial charge in [-0.2, -0.15) is 4.39 Å². The van der Waals surface area contributed by atoms with Crippen LogP contribution >= 0.6 is 15.9 Å². The Bertz CT molecular complexity index is 647. The Kier molecular flexibility index (Phi) is 4.12. The molecule has 21 heavy (non-hydrogen) atoms. The summed E-state index contributed by atoms with van der Waals surface area (Å²) in [7, 11) is 0. The number of rotatable bonds is 5. The molecule has 1 aliphatic rings. The van der Waals surface area contributed by atoms with Gasteiger partial charge in [-0.05, 0) is 25.0 Å². The Hall–Kier alpha value is -1.60. The van der Waals surface area contributed by atoms with Gasteiger partial charge in [0, 0.05) is 35.0 Å². The van der Waals surface area contributed by atoms with Crippen LogP contribution in [-0.2, 0) is 6.54 Å². The number of hydrogen-bond donors (Lipinski definition) is 1. The van der Waals surface area contributed by atoms with E-state index in [1.54, 1.807) is 12.4 Å². The second-order valence-electron chi connectivity index (χ2n) is 4.83. The van der Waals surface area contributed by atoms with E-state index in [-0.39, 0.29) is 11.8 Å². The molecule has 0 radical (unpaired) electrons. The molecule has 1 heterocycles. The number of ether oxygens (including phenoxy) is 1. The quantitative estimate of drug-likeness (QED) is 0.833. The molecule has 1 N–H and O–H groups in total. The van der Waals surface area contributed by atoms with E-state index in [1.807, 2.05) is 0 Å². The van der Waals surface area contributed by atoms with Crippen molar-refractivity contribution in [3.8, 4) is 11.8 Å². The average molecular weight is 356 g/mol. The van der Waals surface area contributed by atoms with Gasteiger partial charge in [0.1, 0.15) is 0 Å². The van der Waals surface area contributed by atoms with Crippen molar-refractivity contribution in [3.63, 3.8) is 0 Å². The van der Waals surface area contributed by atoms with E-state index >= 15 is 0 Å². The monoisotopic (exact) mass is 355 g/mol. The lowest BCUT2D eigenvalue weighted by Crippen LogP contribution is -2.15. The molecular formula is C14H12BrF2N3O. The van der Waals surface area contributed by atoms with Crippen LogP contribution < -0.4 is 10.1 Å². The first-order chi connectivity index (χ1) is 10.1. The van der Waals surface area contributed by atoms with Crippen molar-refractivity contribution in [3.05, 3.63) is 46.2 Å². The number of nitrogens with zero attached hydrogens (tertiary/aromatic N) is 2. The molecule has 0 aliphatic heterocycles. The van der Waals surface area contributed by atoms with Gasteiger partial charge in [0.25, 0.3) is 0 Å². The van der Waals surface area contributed by atoms with Gasteiger partial charge in [0.2, 0.25) is 5.82 Å². The highest BCUT2D eigenvalue weighted by molar-refractivity contribution is 9.10. The lowest BCUT2D eigenvalue weighted by Gasteiger charge is -2.07. The van der Waals surface area contributed by atoms with Gasteiger partial charge in [-0.25, -0.2) is 14.4 Å². The summed E-state index contributed by atoms with van der Waals surface area (Å²) >= 11 is 3.08. The van der Waals surface area contributed by atoms with Gasteiger partial charge < -0.3 is 10.1 Å². The first kappa shape index (κ1) is 14.3. The second kappa shape index (κ2) is 6.03. The molecule has 0 saturated heterocycles. The van der Waals surface area contributed by atoms with E-state index in [2.05, 4.69) is 31.2 Å². The standard InChI is InChI=1S/C14H12BrF2N3O/c15-9-3-11(16)13(17)12(4-9)21-14-19-6-8(7-20-14)5-18-10-1-2-10/h3-4,6-7,10,18H,1-2,5H2. The molecule has 0 unspecified atom stereocenters. The van der Waals surface area contributed by atoms with Crippen molar-refractivity contribution in [2.75, 3.05) is 0 Å². The lowest BCUT2D eigenvalue weighted by atomic mass is 10.3. The summed E-state index contributed by atoms with van der Waals surface area (Å²) in [6.07, 6.45) is 5.61. The van der Waals surface area contributed by atoms with Crippen LogP contribution in [0.4, 0.5) is 8.78 Å². The summed E-state index contributed by atoms with van der Waals surface area (Å²) < 4.78 is 32.4. The third kappa shape index (κ3) is 3.74. The van der Waals surface area contributed by atoms with Gasteiger partial charge in [0.05, 0.1) is 0 Å². The van der Waals surface area contributed by atoms with Gasteiger partial charge in [-0.3, -0.25) is 0 Å². The van der Waals surface area contributed by atoms with Gasteiger partial charge in [-0.15, -0.1) is 0 Å². The summed E-state index contributed by atoms with van der Waals surface area (Å²) in [6, 6.07) is 2.92. The van der Waals surface area contributed by atoms with Crippen LogP contribution in [-0.4, -0.2) is 16.0 Å². The van der Waals surface area contributed by atoms with Crippen molar-refractivity contribution in [1.29, 1.82) is 0 Å². The molecule has 1 aromatic carbocycles. The SMILES string of the molecule is Fc1cc(Br)cc(Oc2ncc(CNC3CC3)cn2)c1F. The Balaban J connectivity index is 1.69. The minimum atomic E-state index is -1.07. The van der Waals surface area contributed by atoms with Crippen LogP contribution in [0, 0.1) is 11.6 Å². The molecule has 1 aliphatic carbocycles. The summed E-state index contributed by atoms with van der Waals surface area (Å²) in [5, 5.41) is 3.33. The molecule has 0 spiro atoms. The summed E-state index contributed by atoms with van der Waals surface area (Å²) in [5.41, 5.74) is 0.912. The summed E-state index contributed by atoms with van der Waals surface area (Å²) in [6.45, 7) is 0.685. The predicted octanol–water partition coefficient (Wildman–Crippen LogP) is 3.56. The van der Waals surface area contributed by atoms with E-state index in [0.29, 0.717) is 17.1 Å². The fourth-order valence-electron chi connectivity index (χ4n) is 1.74. The smallest absolute Gasteiger partial charge is 0.321 e. The van der Waals surface area contributed by atoms with Crippen LogP contribution in [0.5, 0.6) is 11.8 Å². The van der Waals surface area contributed by atoms with Crippen molar-refractivity contribution >= 4 is 15.9 Å². The normalized spacial score (nSPS) is 14.2. The summed E-state index contributed by atoms with van der Waals surface area (Å²) in [4.78, 5) is 7.99. The predicted molar refractivity (Wildman–Crippen MR) is 76.0 cm³/mol. The molecule has 110 valence electrons. The lowest BCUT2D eigenvalue weighted by molar-refractivity contribution is 0.392. The van der Waals surface area contributed by atoms with E-state index in [4.69, 9.17) is 4.74 Å². The highest BCUT2D eigenvalue weighted by Crippen LogP contribution is 2.28. The Labute approximate surface area is 128 Å². The van der Waals surface area contributed by atoms with E-state index in [0.717, 1.165) is 11.6 Å². The largest absolute Gasteiger partial charge is 0.421 e. The van der Waals surface area contributed by atoms with Crippen LogP contribution in [0.25, 0.3) is 0 Å². The topological polar surface area (TPSA) is 47.0 Å². The maximum atomic E-state index is 13.6. The number of hydrogen-bond acceptors (Lipinski definition) is 4. The maximum absolute atomic E-state index is 13.6. The molecule has 7 heteroatoms. The molecule has 2 aromatic rings. The number of nitrogens with one attached hydrogen (secondary N) is 1. The van der Waals surface area contributed by atoms with Crippen LogP contribution in [0.2, 0.25) is 0 Å². The third-order valence-corrected chi connectivity index (χ3v) is 3.47. The zero-order valence-corrected chi connectivity index (χ0v) is 12.5. The van der Waals surface area contributed by atoms with Crippen molar-refractivity contribution < 1.29 is 13.5 Å². The van der Waals surface area contributed by atoms with E-state index in [1.165, 1.54) is 18.9 Å².